The number of nitrogens with two attached hydrogens (primary N) is 1. The first kappa shape index (κ1) is 20.3. The SMILES string of the molecule is COc1cccc(-c2nc(N3CCC(Cc4ccccc4)CC3)nc3nn(C)c(N)c23)c1. The quantitative estimate of drug-likeness (QED) is 0.516. The first-order chi connectivity index (χ1) is 15.6. The van der Waals surface area contributed by atoms with Crippen molar-refractivity contribution in [3.8, 4) is 17.0 Å². The molecule has 0 unspecified atom stereocenters. The summed E-state index contributed by atoms with van der Waals surface area (Å²) >= 11 is 0. The van der Waals surface area contributed by atoms with E-state index in [9.17, 15) is 0 Å². The van der Waals surface area contributed by atoms with E-state index in [0.29, 0.717) is 23.3 Å². The molecule has 2 aromatic carbocycles. The van der Waals surface area contributed by atoms with Crippen LogP contribution in [0.5, 0.6) is 5.75 Å². The molecule has 2 N–H and O–H groups in total. The molecular formula is C25H28N6O. The van der Waals surface area contributed by atoms with E-state index in [1.807, 2.05) is 31.3 Å². The number of hydrogen-bond acceptors (Lipinski definition) is 6. The van der Waals surface area contributed by atoms with Gasteiger partial charge in [-0.2, -0.15) is 10.1 Å². The van der Waals surface area contributed by atoms with Gasteiger partial charge in [-0.15, -0.1) is 0 Å². The molecule has 7 nitrogen and oxygen atoms in total. The van der Waals surface area contributed by atoms with Crippen LogP contribution in [0.4, 0.5) is 11.8 Å². The van der Waals surface area contributed by atoms with E-state index in [-0.39, 0.29) is 0 Å². The van der Waals surface area contributed by atoms with Crippen molar-refractivity contribution in [3.63, 3.8) is 0 Å². The molecule has 2 aromatic heterocycles. The van der Waals surface area contributed by atoms with E-state index in [2.05, 4.69) is 40.3 Å². The van der Waals surface area contributed by atoms with Crippen LogP contribution in [0.25, 0.3) is 22.3 Å². The van der Waals surface area contributed by atoms with Crippen LogP contribution in [0.2, 0.25) is 0 Å². The number of nitrogens with zero attached hydrogens (tertiary/aromatic N) is 5. The predicted molar refractivity (Wildman–Crippen MR) is 128 cm³/mol. The molecule has 1 saturated heterocycles. The standard InChI is InChI=1S/C25H28N6O/c1-30-23(26)21-22(19-9-6-10-20(16-19)32-2)27-25(28-24(21)29-30)31-13-11-18(12-14-31)15-17-7-4-3-5-8-17/h3-10,16,18H,11-15,26H2,1-2H3. The number of aryl methyl sites for hydroxylation is 1. The summed E-state index contributed by atoms with van der Waals surface area (Å²) in [7, 11) is 3.50. The highest BCUT2D eigenvalue weighted by Gasteiger charge is 2.24. The van der Waals surface area contributed by atoms with Gasteiger partial charge in [0.05, 0.1) is 18.2 Å². The lowest BCUT2D eigenvalue weighted by Gasteiger charge is -2.32. The molecule has 0 radical (unpaired) electrons. The zero-order chi connectivity index (χ0) is 22.1. The smallest absolute Gasteiger partial charge is 0.228 e. The minimum absolute atomic E-state index is 0.561. The number of hydrogen-bond donors (Lipinski definition) is 1. The maximum Gasteiger partial charge on any atom is 0.228 e. The first-order valence-corrected chi connectivity index (χ1v) is 11.1. The van der Waals surface area contributed by atoms with Gasteiger partial charge in [0.2, 0.25) is 5.95 Å². The highest BCUT2D eigenvalue weighted by molar-refractivity contribution is 5.99. The van der Waals surface area contributed by atoms with E-state index in [0.717, 1.165) is 54.7 Å². The van der Waals surface area contributed by atoms with Crippen LogP contribution in [-0.2, 0) is 13.5 Å². The van der Waals surface area contributed by atoms with Gasteiger partial charge >= 0.3 is 0 Å². The van der Waals surface area contributed by atoms with Gasteiger partial charge in [-0.05, 0) is 42.9 Å². The van der Waals surface area contributed by atoms with Gasteiger partial charge in [-0.1, -0.05) is 42.5 Å². The highest BCUT2D eigenvalue weighted by atomic mass is 16.5. The lowest BCUT2D eigenvalue weighted by Crippen LogP contribution is -2.35. The maximum atomic E-state index is 6.34. The summed E-state index contributed by atoms with van der Waals surface area (Å²) in [5, 5.41) is 5.33. The Balaban J connectivity index is 1.45. The van der Waals surface area contributed by atoms with Crippen molar-refractivity contribution >= 4 is 22.8 Å². The Labute approximate surface area is 187 Å². The lowest BCUT2D eigenvalue weighted by molar-refractivity contribution is 0.401. The number of nitrogen functional groups attached to an aromatic ring is 1. The molecule has 0 amide bonds. The van der Waals surface area contributed by atoms with Crippen LogP contribution in [0.1, 0.15) is 18.4 Å². The number of fused-ring (bicyclic) bond motifs is 1. The van der Waals surface area contributed by atoms with Crippen LogP contribution in [0.3, 0.4) is 0 Å². The number of ether oxygens (including phenoxy) is 1. The third kappa shape index (κ3) is 3.86. The van der Waals surface area contributed by atoms with Gasteiger partial charge in [0.25, 0.3) is 0 Å². The fourth-order valence-electron chi connectivity index (χ4n) is 4.51. The number of anilines is 2. The summed E-state index contributed by atoms with van der Waals surface area (Å²) in [5.74, 6) is 2.73. The maximum absolute atomic E-state index is 6.34. The van der Waals surface area contributed by atoms with Crippen molar-refractivity contribution in [2.75, 3.05) is 30.8 Å². The Hall–Kier alpha value is -3.61. The third-order valence-electron chi connectivity index (χ3n) is 6.34. The average molecular weight is 429 g/mol. The Morgan fingerprint density at radius 2 is 1.81 bits per heavy atom. The van der Waals surface area contributed by atoms with Crippen molar-refractivity contribution in [3.05, 3.63) is 60.2 Å². The summed E-state index contributed by atoms with van der Waals surface area (Å²) in [5.41, 5.74) is 10.1. The molecule has 3 heterocycles. The van der Waals surface area contributed by atoms with Gasteiger partial charge in [0.15, 0.2) is 5.65 Å². The summed E-state index contributed by atoms with van der Waals surface area (Å²) in [4.78, 5) is 12.0. The second-order valence-electron chi connectivity index (χ2n) is 8.43. The van der Waals surface area contributed by atoms with Crippen LogP contribution < -0.4 is 15.4 Å². The molecule has 5 rings (SSSR count). The van der Waals surface area contributed by atoms with Crippen molar-refractivity contribution in [1.29, 1.82) is 0 Å². The number of methoxy groups -OCH3 is 1. The van der Waals surface area contributed by atoms with E-state index in [1.165, 1.54) is 5.56 Å². The summed E-state index contributed by atoms with van der Waals surface area (Å²) in [6.45, 7) is 1.87. The average Bonchev–Trinajstić information content (AvgIpc) is 3.13. The van der Waals surface area contributed by atoms with Gasteiger partial charge in [0.1, 0.15) is 11.6 Å². The van der Waals surface area contributed by atoms with Gasteiger partial charge < -0.3 is 15.4 Å². The second-order valence-corrected chi connectivity index (χ2v) is 8.43. The van der Waals surface area contributed by atoms with Gasteiger partial charge in [-0.3, -0.25) is 4.68 Å². The molecule has 0 atom stereocenters. The van der Waals surface area contributed by atoms with E-state index in [1.54, 1.807) is 11.8 Å². The van der Waals surface area contributed by atoms with Gasteiger partial charge in [0, 0.05) is 25.7 Å². The van der Waals surface area contributed by atoms with Crippen LogP contribution >= 0.6 is 0 Å². The zero-order valence-electron chi connectivity index (χ0n) is 18.5. The zero-order valence-corrected chi connectivity index (χ0v) is 18.5. The minimum Gasteiger partial charge on any atom is -0.497 e. The third-order valence-corrected chi connectivity index (χ3v) is 6.34. The molecular weight excluding hydrogens is 400 g/mol. The number of piperidine rings is 1. The van der Waals surface area contributed by atoms with Crippen molar-refractivity contribution in [1.82, 2.24) is 19.7 Å². The van der Waals surface area contributed by atoms with Crippen molar-refractivity contribution < 1.29 is 4.74 Å². The fourth-order valence-corrected chi connectivity index (χ4v) is 4.51. The van der Waals surface area contributed by atoms with Crippen LogP contribution in [0, 0.1) is 5.92 Å². The topological polar surface area (TPSA) is 82.1 Å². The molecule has 0 aliphatic carbocycles. The molecule has 0 saturated carbocycles. The monoisotopic (exact) mass is 428 g/mol. The molecule has 1 aliphatic heterocycles. The Morgan fingerprint density at radius 1 is 1.03 bits per heavy atom. The Bertz CT molecular complexity index is 1230. The van der Waals surface area contributed by atoms with E-state index >= 15 is 0 Å². The molecule has 1 aliphatic rings. The molecule has 1 fully saturated rings. The van der Waals surface area contributed by atoms with Crippen LogP contribution in [-0.4, -0.2) is 39.9 Å². The second kappa shape index (κ2) is 8.49. The predicted octanol–water partition coefficient (Wildman–Crippen LogP) is 4.08. The van der Waals surface area contributed by atoms with Crippen molar-refractivity contribution in [2.45, 2.75) is 19.3 Å². The van der Waals surface area contributed by atoms with Crippen LogP contribution in [0.15, 0.2) is 54.6 Å². The summed E-state index contributed by atoms with van der Waals surface area (Å²) in [6.07, 6.45) is 3.37. The number of rotatable bonds is 5. The molecule has 7 heteroatoms. The van der Waals surface area contributed by atoms with Gasteiger partial charge in [-0.25, -0.2) is 4.98 Å². The minimum atomic E-state index is 0.561. The van der Waals surface area contributed by atoms with E-state index < -0.39 is 0 Å². The summed E-state index contributed by atoms with van der Waals surface area (Å²) < 4.78 is 7.09. The molecule has 4 aromatic rings. The Morgan fingerprint density at radius 3 is 2.56 bits per heavy atom. The van der Waals surface area contributed by atoms with Crippen molar-refractivity contribution in [2.24, 2.45) is 13.0 Å². The largest absolute Gasteiger partial charge is 0.497 e. The number of benzene rings is 2. The first-order valence-electron chi connectivity index (χ1n) is 11.1. The summed E-state index contributed by atoms with van der Waals surface area (Å²) in [6, 6.07) is 18.6. The lowest BCUT2D eigenvalue weighted by atomic mass is 9.90. The molecule has 0 spiro atoms. The molecule has 32 heavy (non-hydrogen) atoms. The molecule has 0 bridgehead atoms. The Kier molecular flexibility index (Phi) is 5.39. The van der Waals surface area contributed by atoms with E-state index in [4.69, 9.17) is 20.4 Å². The fraction of sp³-hybridized carbons (Fsp3) is 0.320. The molecule has 164 valence electrons. The normalized spacial score (nSPS) is 14.8. The highest BCUT2D eigenvalue weighted by Crippen LogP contribution is 2.34. The number of aromatic nitrogens is 4.